The van der Waals surface area contributed by atoms with Gasteiger partial charge in [0.05, 0.1) is 0 Å². The fourth-order valence-corrected chi connectivity index (χ4v) is 2.24. The van der Waals surface area contributed by atoms with Crippen molar-refractivity contribution < 1.29 is 0 Å². The summed E-state index contributed by atoms with van der Waals surface area (Å²) < 4.78 is 1.15. The third-order valence-corrected chi connectivity index (χ3v) is 3.78. The normalized spacial score (nSPS) is 16.5. The zero-order valence-electron chi connectivity index (χ0n) is 9.59. The van der Waals surface area contributed by atoms with Gasteiger partial charge in [-0.1, -0.05) is 28.4 Å². The molecule has 1 N–H and O–H groups in total. The molecule has 0 amide bonds. The third kappa shape index (κ3) is 2.85. The van der Waals surface area contributed by atoms with Gasteiger partial charge in [-0.3, -0.25) is 4.99 Å². The Hall–Kier alpha value is -0.830. The van der Waals surface area contributed by atoms with Crippen molar-refractivity contribution in [2.24, 2.45) is 4.99 Å². The summed E-state index contributed by atoms with van der Waals surface area (Å²) in [5.41, 5.74) is 2.41. The van der Waals surface area contributed by atoms with Crippen molar-refractivity contribution in [2.45, 2.75) is 32.6 Å². The number of benzene rings is 1. The Labute approximate surface area is 105 Å². The Morgan fingerprint density at radius 1 is 1.25 bits per heavy atom. The van der Waals surface area contributed by atoms with E-state index in [1.165, 1.54) is 24.8 Å². The quantitative estimate of drug-likeness (QED) is 0.822. The lowest BCUT2D eigenvalue weighted by Crippen LogP contribution is -2.12. The van der Waals surface area contributed by atoms with Crippen LogP contribution in [0.25, 0.3) is 0 Å². The van der Waals surface area contributed by atoms with Gasteiger partial charge in [-0.25, -0.2) is 0 Å². The molecule has 0 saturated carbocycles. The van der Waals surface area contributed by atoms with Gasteiger partial charge in [0.1, 0.15) is 5.84 Å². The summed E-state index contributed by atoms with van der Waals surface area (Å²) in [6.45, 7) is 3.08. The van der Waals surface area contributed by atoms with Crippen LogP contribution >= 0.6 is 15.9 Å². The van der Waals surface area contributed by atoms with Crippen molar-refractivity contribution in [1.29, 1.82) is 0 Å². The van der Waals surface area contributed by atoms with Gasteiger partial charge < -0.3 is 5.32 Å². The van der Waals surface area contributed by atoms with Crippen LogP contribution in [0.5, 0.6) is 0 Å². The van der Waals surface area contributed by atoms with E-state index >= 15 is 0 Å². The molecule has 0 aliphatic carbocycles. The second kappa shape index (κ2) is 5.48. The van der Waals surface area contributed by atoms with Crippen LogP contribution in [-0.2, 0) is 0 Å². The molecule has 2 nitrogen and oxygen atoms in total. The summed E-state index contributed by atoms with van der Waals surface area (Å²) in [5, 5.41) is 3.45. The Kier molecular flexibility index (Phi) is 3.99. The lowest BCUT2D eigenvalue weighted by atomic mass is 10.2. The van der Waals surface area contributed by atoms with E-state index in [1.54, 1.807) is 0 Å². The van der Waals surface area contributed by atoms with Crippen LogP contribution in [0.3, 0.4) is 0 Å². The lowest BCUT2D eigenvalue weighted by molar-refractivity contribution is 0.731. The monoisotopic (exact) mass is 280 g/mol. The number of nitrogens with zero attached hydrogens (tertiary/aromatic N) is 1. The maximum atomic E-state index is 4.58. The molecule has 1 aromatic rings. The molecular weight excluding hydrogens is 264 g/mol. The zero-order chi connectivity index (χ0) is 11.4. The largest absolute Gasteiger partial charge is 0.344 e. The smallest absolute Gasteiger partial charge is 0.101 e. The first-order chi connectivity index (χ1) is 7.77. The average Bonchev–Trinajstić information content (AvgIpc) is 2.53. The topological polar surface area (TPSA) is 24.4 Å². The van der Waals surface area contributed by atoms with Gasteiger partial charge in [0.2, 0.25) is 0 Å². The van der Waals surface area contributed by atoms with Gasteiger partial charge in [-0.2, -0.15) is 0 Å². The Morgan fingerprint density at radius 2 is 2.12 bits per heavy atom. The number of amidine groups is 1. The molecule has 0 unspecified atom stereocenters. The number of nitrogens with one attached hydrogen (secondary N) is 1. The van der Waals surface area contributed by atoms with Gasteiger partial charge in [0.15, 0.2) is 0 Å². The highest BCUT2D eigenvalue weighted by Crippen LogP contribution is 2.24. The highest BCUT2D eigenvalue weighted by atomic mass is 79.9. The highest BCUT2D eigenvalue weighted by Gasteiger charge is 2.07. The maximum Gasteiger partial charge on any atom is 0.101 e. The predicted octanol–water partition coefficient (Wildman–Crippen LogP) is 4.14. The summed E-state index contributed by atoms with van der Waals surface area (Å²) >= 11 is 3.55. The van der Waals surface area contributed by atoms with Crippen molar-refractivity contribution in [2.75, 3.05) is 11.9 Å². The molecule has 0 spiro atoms. The molecule has 16 heavy (non-hydrogen) atoms. The lowest BCUT2D eigenvalue weighted by Gasteiger charge is -2.12. The fourth-order valence-electron chi connectivity index (χ4n) is 1.87. The molecule has 0 saturated heterocycles. The van der Waals surface area contributed by atoms with Gasteiger partial charge in [0.25, 0.3) is 0 Å². The van der Waals surface area contributed by atoms with E-state index in [-0.39, 0.29) is 0 Å². The standard InChI is InChI=1S/C13H17BrN2/c1-10-11(14)6-5-7-12(10)16-13-8-3-2-4-9-15-13/h5-7H,2-4,8-9H2,1H3,(H,15,16). The fraction of sp³-hybridized carbons (Fsp3) is 0.462. The molecular formula is C13H17BrN2. The van der Waals surface area contributed by atoms with Crippen LogP contribution in [0.2, 0.25) is 0 Å². The second-order valence-corrected chi connectivity index (χ2v) is 5.03. The Morgan fingerprint density at radius 3 is 3.00 bits per heavy atom. The molecule has 0 radical (unpaired) electrons. The van der Waals surface area contributed by atoms with E-state index in [9.17, 15) is 0 Å². The van der Waals surface area contributed by atoms with Crippen molar-refractivity contribution >= 4 is 27.5 Å². The molecule has 86 valence electrons. The predicted molar refractivity (Wildman–Crippen MR) is 73.3 cm³/mol. The second-order valence-electron chi connectivity index (χ2n) is 4.18. The minimum Gasteiger partial charge on any atom is -0.344 e. The van der Waals surface area contributed by atoms with E-state index in [2.05, 4.69) is 51.4 Å². The van der Waals surface area contributed by atoms with Crippen LogP contribution in [0.1, 0.15) is 31.2 Å². The van der Waals surface area contributed by atoms with Gasteiger partial charge >= 0.3 is 0 Å². The minimum atomic E-state index is 0.968. The highest BCUT2D eigenvalue weighted by molar-refractivity contribution is 9.10. The molecule has 0 bridgehead atoms. The van der Waals surface area contributed by atoms with Gasteiger partial charge in [-0.15, -0.1) is 0 Å². The van der Waals surface area contributed by atoms with E-state index in [1.807, 2.05) is 0 Å². The van der Waals surface area contributed by atoms with Gasteiger partial charge in [0, 0.05) is 23.1 Å². The summed E-state index contributed by atoms with van der Waals surface area (Å²) in [4.78, 5) is 4.58. The van der Waals surface area contributed by atoms with Crippen LogP contribution in [0.15, 0.2) is 27.7 Å². The molecule has 0 fully saturated rings. The summed E-state index contributed by atoms with van der Waals surface area (Å²) in [7, 11) is 0. The third-order valence-electron chi connectivity index (χ3n) is 2.92. The maximum absolute atomic E-state index is 4.58. The zero-order valence-corrected chi connectivity index (χ0v) is 11.2. The number of anilines is 1. The Balaban J connectivity index is 2.13. The average molecular weight is 281 g/mol. The first-order valence-corrected chi connectivity index (χ1v) is 6.62. The van der Waals surface area contributed by atoms with Crippen molar-refractivity contribution in [3.63, 3.8) is 0 Å². The molecule has 1 aliphatic rings. The van der Waals surface area contributed by atoms with E-state index in [0.717, 1.165) is 29.0 Å². The molecule has 2 rings (SSSR count). The molecule has 1 aliphatic heterocycles. The first kappa shape index (κ1) is 11.6. The SMILES string of the molecule is Cc1c(Br)cccc1NC1=NCCCCC1. The molecule has 0 atom stereocenters. The number of hydrogen-bond donors (Lipinski definition) is 1. The van der Waals surface area contributed by atoms with Gasteiger partial charge in [-0.05, 0) is 37.5 Å². The summed E-state index contributed by atoms with van der Waals surface area (Å²) in [6, 6.07) is 6.22. The van der Waals surface area contributed by atoms with Crippen LogP contribution < -0.4 is 5.32 Å². The number of aliphatic imine (C=N–C) groups is 1. The van der Waals surface area contributed by atoms with Crippen molar-refractivity contribution in [3.8, 4) is 0 Å². The first-order valence-electron chi connectivity index (χ1n) is 5.83. The molecule has 1 aromatic carbocycles. The molecule has 1 heterocycles. The molecule has 0 aromatic heterocycles. The Bertz CT molecular complexity index is 399. The summed E-state index contributed by atoms with van der Waals surface area (Å²) in [6.07, 6.45) is 4.85. The van der Waals surface area contributed by atoms with Crippen molar-refractivity contribution in [1.82, 2.24) is 0 Å². The number of hydrogen-bond acceptors (Lipinski definition) is 2. The number of rotatable bonds is 1. The number of halogens is 1. The van der Waals surface area contributed by atoms with Crippen molar-refractivity contribution in [3.05, 3.63) is 28.2 Å². The van der Waals surface area contributed by atoms with Crippen LogP contribution in [0.4, 0.5) is 5.69 Å². The summed E-state index contributed by atoms with van der Waals surface area (Å²) in [5.74, 6) is 1.14. The minimum absolute atomic E-state index is 0.968. The van der Waals surface area contributed by atoms with Crippen LogP contribution in [-0.4, -0.2) is 12.4 Å². The van der Waals surface area contributed by atoms with E-state index < -0.39 is 0 Å². The molecule has 3 heteroatoms. The van der Waals surface area contributed by atoms with E-state index in [4.69, 9.17) is 0 Å². The van der Waals surface area contributed by atoms with E-state index in [0.29, 0.717) is 0 Å². The van der Waals surface area contributed by atoms with Crippen LogP contribution in [0, 0.1) is 6.92 Å².